The van der Waals surface area contributed by atoms with Crippen molar-refractivity contribution in [3.63, 3.8) is 0 Å². The summed E-state index contributed by atoms with van der Waals surface area (Å²) in [7, 11) is -0.676. The molecule has 202 valence electrons. The van der Waals surface area contributed by atoms with E-state index in [0.29, 0.717) is 6.04 Å². The topological polar surface area (TPSA) is 3.24 Å². The van der Waals surface area contributed by atoms with Crippen LogP contribution in [0.4, 0.5) is 5.69 Å². The molecule has 2 heteroatoms. The molecule has 0 unspecified atom stereocenters. The first-order valence-electron chi connectivity index (χ1n) is 15.2. The number of aryl methyl sites for hydroxylation is 1. The SMILES string of the molecule is Cc1cccc(P(c2ccccc2)c2ccccc2)c1N(C/C=C\c1ccccc1)C1C2CC3CC(C2)CC1C3. The first-order chi connectivity index (χ1) is 19.7. The summed E-state index contributed by atoms with van der Waals surface area (Å²) in [5.74, 6) is 3.60. The van der Waals surface area contributed by atoms with Crippen molar-refractivity contribution in [2.45, 2.75) is 45.1 Å². The second kappa shape index (κ2) is 11.4. The highest BCUT2D eigenvalue weighted by Gasteiger charge is 2.50. The van der Waals surface area contributed by atoms with E-state index >= 15 is 0 Å². The Morgan fingerprint density at radius 1 is 0.650 bits per heavy atom. The van der Waals surface area contributed by atoms with Gasteiger partial charge in [-0.15, -0.1) is 0 Å². The van der Waals surface area contributed by atoms with Gasteiger partial charge in [0, 0.05) is 23.6 Å². The van der Waals surface area contributed by atoms with Crippen LogP contribution >= 0.6 is 7.92 Å². The number of hydrogen-bond donors (Lipinski definition) is 0. The molecule has 4 fully saturated rings. The van der Waals surface area contributed by atoms with Crippen LogP contribution in [0.5, 0.6) is 0 Å². The van der Waals surface area contributed by atoms with E-state index in [1.54, 1.807) is 0 Å². The normalized spacial score (nSPS) is 25.1. The minimum Gasteiger partial charge on any atom is -0.364 e. The summed E-state index contributed by atoms with van der Waals surface area (Å²) < 4.78 is 0. The molecular weight excluding hydrogens is 501 g/mol. The molecule has 0 aliphatic heterocycles. The standard InChI is InChI=1S/C38H40NP/c1-28-13-11-21-36(40(34-17-7-3-8-18-34)35-19-9-4-10-20-35)37(28)39(22-12-16-29-14-5-2-6-15-29)38-32-24-30-23-31(26-32)27-33(38)25-30/h2-21,30-33,38H,22-27H2,1H3/b16-12-. The lowest BCUT2D eigenvalue weighted by Crippen LogP contribution is -2.57. The summed E-state index contributed by atoms with van der Waals surface area (Å²) in [6.07, 6.45) is 12.0. The lowest BCUT2D eigenvalue weighted by Gasteiger charge is -2.58. The summed E-state index contributed by atoms with van der Waals surface area (Å²) in [6.45, 7) is 3.32. The van der Waals surface area contributed by atoms with Gasteiger partial charge >= 0.3 is 0 Å². The first kappa shape index (κ1) is 25.8. The Bertz CT molecular complexity index is 1380. The highest BCUT2D eigenvalue weighted by Crippen LogP contribution is 2.56. The Kier molecular flexibility index (Phi) is 7.34. The molecule has 4 bridgehead atoms. The van der Waals surface area contributed by atoms with Crippen LogP contribution in [0.3, 0.4) is 0 Å². The van der Waals surface area contributed by atoms with Gasteiger partial charge in [-0.2, -0.15) is 0 Å². The molecule has 0 heterocycles. The van der Waals surface area contributed by atoms with Crippen LogP contribution in [0.15, 0.2) is 115 Å². The fourth-order valence-corrected chi connectivity index (χ4v) is 11.0. The van der Waals surface area contributed by atoms with Gasteiger partial charge in [0.15, 0.2) is 0 Å². The molecule has 0 atom stereocenters. The molecule has 0 N–H and O–H groups in total. The number of benzene rings is 4. The van der Waals surface area contributed by atoms with E-state index in [4.69, 9.17) is 0 Å². The monoisotopic (exact) mass is 541 g/mol. The molecule has 1 nitrogen and oxygen atoms in total. The first-order valence-corrected chi connectivity index (χ1v) is 16.6. The van der Waals surface area contributed by atoms with Crippen molar-refractivity contribution in [1.29, 1.82) is 0 Å². The largest absolute Gasteiger partial charge is 0.364 e. The molecule has 4 aromatic rings. The van der Waals surface area contributed by atoms with Crippen LogP contribution in [0.2, 0.25) is 0 Å². The van der Waals surface area contributed by atoms with Crippen molar-refractivity contribution >= 4 is 35.6 Å². The smallest absolute Gasteiger partial charge is 0.0486 e. The highest BCUT2D eigenvalue weighted by molar-refractivity contribution is 7.80. The predicted octanol–water partition coefficient (Wildman–Crippen LogP) is 8.10. The van der Waals surface area contributed by atoms with Crippen molar-refractivity contribution in [2.24, 2.45) is 23.7 Å². The van der Waals surface area contributed by atoms with Gasteiger partial charge < -0.3 is 4.90 Å². The van der Waals surface area contributed by atoms with Crippen molar-refractivity contribution in [2.75, 3.05) is 11.4 Å². The average molecular weight is 542 g/mol. The van der Waals surface area contributed by atoms with Gasteiger partial charge in [-0.05, 0) is 92.4 Å². The number of para-hydroxylation sites is 1. The second-order valence-corrected chi connectivity index (χ2v) is 14.5. The zero-order valence-electron chi connectivity index (χ0n) is 23.6. The Hall–Kier alpha value is -3.15. The third-order valence-corrected chi connectivity index (χ3v) is 12.2. The predicted molar refractivity (Wildman–Crippen MR) is 174 cm³/mol. The van der Waals surface area contributed by atoms with Gasteiger partial charge in [-0.1, -0.05) is 121 Å². The Labute approximate surface area is 241 Å². The van der Waals surface area contributed by atoms with Gasteiger partial charge in [0.05, 0.1) is 0 Å². The van der Waals surface area contributed by atoms with E-state index in [1.807, 2.05) is 0 Å². The fourth-order valence-electron chi connectivity index (χ4n) is 8.41. The van der Waals surface area contributed by atoms with Crippen LogP contribution < -0.4 is 20.8 Å². The van der Waals surface area contributed by atoms with Crippen LogP contribution in [-0.2, 0) is 0 Å². The summed E-state index contributed by atoms with van der Waals surface area (Å²) in [6, 6.07) is 41.0. The molecule has 0 amide bonds. The molecule has 0 spiro atoms. The van der Waals surface area contributed by atoms with Crippen LogP contribution in [-0.4, -0.2) is 12.6 Å². The van der Waals surface area contributed by atoms with E-state index in [9.17, 15) is 0 Å². The summed E-state index contributed by atoms with van der Waals surface area (Å²) in [4.78, 5) is 2.89. The third kappa shape index (κ3) is 5.06. The van der Waals surface area contributed by atoms with E-state index < -0.39 is 7.92 Å². The van der Waals surface area contributed by atoms with Gasteiger partial charge in [0.25, 0.3) is 0 Å². The Balaban J connectivity index is 1.35. The molecule has 0 radical (unpaired) electrons. The van der Waals surface area contributed by atoms with Crippen molar-refractivity contribution in [1.82, 2.24) is 0 Å². The van der Waals surface area contributed by atoms with Gasteiger partial charge in [0.2, 0.25) is 0 Å². The van der Waals surface area contributed by atoms with Gasteiger partial charge in [0.1, 0.15) is 0 Å². The maximum atomic E-state index is 2.89. The molecule has 4 aliphatic carbocycles. The summed E-state index contributed by atoms with van der Waals surface area (Å²) in [5.41, 5.74) is 4.20. The zero-order chi connectivity index (χ0) is 26.9. The quantitative estimate of drug-likeness (QED) is 0.204. The molecule has 4 aliphatic rings. The van der Waals surface area contributed by atoms with Crippen molar-refractivity contribution in [3.8, 4) is 0 Å². The fraction of sp³-hybridized carbons (Fsp3) is 0.316. The molecule has 0 aromatic heterocycles. The maximum Gasteiger partial charge on any atom is 0.0486 e. The molecular formula is C38H40NP. The minimum absolute atomic E-state index is 0.636. The van der Waals surface area contributed by atoms with E-state index in [1.165, 1.54) is 64.8 Å². The van der Waals surface area contributed by atoms with E-state index in [2.05, 4.69) is 133 Å². The molecule has 40 heavy (non-hydrogen) atoms. The van der Waals surface area contributed by atoms with Gasteiger partial charge in [-0.25, -0.2) is 0 Å². The van der Waals surface area contributed by atoms with Crippen molar-refractivity contribution < 1.29 is 0 Å². The minimum atomic E-state index is -0.676. The van der Waals surface area contributed by atoms with Crippen LogP contribution in [0.25, 0.3) is 6.08 Å². The average Bonchev–Trinajstić information content (AvgIpc) is 2.98. The maximum absolute atomic E-state index is 2.89. The second-order valence-electron chi connectivity index (χ2n) is 12.3. The zero-order valence-corrected chi connectivity index (χ0v) is 24.5. The summed E-state index contributed by atoms with van der Waals surface area (Å²) in [5, 5.41) is 4.37. The van der Waals surface area contributed by atoms with E-state index in [-0.39, 0.29) is 0 Å². The summed E-state index contributed by atoms with van der Waals surface area (Å²) >= 11 is 0. The molecule has 4 saturated carbocycles. The van der Waals surface area contributed by atoms with Crippen LogP contribution in [0, 0.1) is 30.6 Å². The Morgan fingerprint density at radius 2 is 1.20 bits per heavy atom. The third-order valence-electron chi connectivity index (χ3n) is 9.72. The van der Waals surface area contributed by atoms with Crippen molar-refractivity contribution in [3.05, 3.63) is 126 Å². The molecule has 4 aromatic carbocycles. The lowest BCUT2D eigenvalue weighted by molar-refractivity contribution is -0.00212. The van der Waals surface area contributed by atoms with Gasteiger partial charge in [-0.3, -0.25) is 0 Å². The van der Waals surface area contributed by atoms with E-state index in [0.717, 1.165) is 30.2 Å². The number of nitrogens with zero attached hydrogens (tertiary/aromatic N) is 1. The number of hydrogen-bond acceptors (Lipinski definition) is 1. The number of rotatable bonds is 8. The molecule has 8 rings (SSSR count). The number of anilines is 1. The Morgan fingerprint density at radius 3 is 1.77 bits per heavy atom. The highest BCUT2D eigenvalue weighted by atomic mass is 31.1. The molecule has 0 saturated heterocycles. The lowest BCUT2D eigenvalue weighted by atomic mass is 9.53. The van der Waals surface area contributed by atoms with Crippen LogP contribution in [0.1, 0.15) is 43.2 Å².